The standard InChI is InChI=1S/C23H19ClFN3/c1-2-22(26-14-16-5-3-6-17(24)13-16)20-7-4-8-23-21(20)15-27-28(23)19-11-9-18(25)10-12-19/h2-13,15,26H,14H2,1H3/b22-2-. The van der Waals surface area contributed by atoms with E-state index in [1.807, 2.05) is 54.2 Å². The first kappa shape index (κ1) is 18.3. The van der Waals surface area contributed by atoms with Gasteiger partial charge in [0.2, 0.25) is 0 Å². The summed E-state index contributed by atoms with van der Waals surface area (Å²) >= 11 is 6.08. The van der Waals surface area contributed by atoms with E-state index in [0.717, 1.165) is 38.4 Å². The maximum Gasteiger partial charge on any atom is 0.123 e. The monoisotopic (exact) mass is 391 g/mol. The number of nitrogens with one attached hydrogen (secondary N) is 1. The molecule has 0 aliphatic carbocycles. The van der Waals surface area contributed by atoms with Gasteiger partial charge in [0.1, 0.15) is 5.82 Å². The maximum atomic E-state index is 13.3. The second-order valence-corrected chi connectivity index (χ2v) is 6.89. The summed E-state index contributed by atoms with van der Waals surface area (Å²) in [6, 6.07) is 20.2. The summed E-state index contributed by atoms with van der Waals surface area (Å²) in [6.07, 6.45) is 3.90. The van der Waals surface area contributed by atoms with Gasteiger partial charge in [0.15, 0.2) is 0 Å². The van der Waals surface area contributed by atoms with Crippen molar-refractivity contribution in [2.45, 2.75) is 13.5 Å². The smallest absolute Gasteiger partial charge is 0.123 e. The van der Waals surface area contributed by atoms with E-state index in [2.05, 4.69) is 22.6 Å². The maximum absolute atomic E-state index is 13.3. The van der Waals surface area contributed by atoms with Crippen LogP contribution in [-0.2, 0) is 6.54 Å². The quantitative estimate of drug-likeness (QED) is 0.454. The first-order chi connectivity index (χ1) is 13.7. The molecule has 1 heterocycles. The molecule has 3 aromatic carbocycles. The minimum absolute atomic E-state index is 0.262. The Hall–Kier alpha value is -3.11. The van der Waals surface area contributed by atoms with E-state index in [1.165, 1.54) is 12.1 Å². The van der Waals surface area contributed by atoms with Gasteiger partial charge >= 0.3 is 0 Å². The molecule has 0 saturated carbocycles. The predicted molar refractivity (Wildman–Crippen MR) is 113 cm³/mol. The van der Waals surface area contributed by atoms with Gasteiger partial charge in [-0.1, -0.05) is 41.9 Å². The topological polar surface area (TPSA) is 29.9 Å². The highest BCUT2D eigenvalue weighted by atomic mass is 35.5. The van der Waals surface area contributed by atoms with E-state index in [1.54, 1.807) is 12.1 Å². The van der Waals surface area contributed by atoms with Gasteiger partial charge in [-0.25, -0.2) is 9.07 Å². The van der Waals surface area contributed by atoms with Gasteiger partial charge in [-0.2, -0.15) is 5.10 Å². The number of allylic oxidation sites excluding steroid dienone is 1. The van der Waals surface area contributed by atoms with Crippen molar-refractivity contribution >= 4 is 28.2 Å². The lowest BCUT2D eigenvalue weighted by Crippen LogP contribution is -2.12. The zero-order valence-electron chi connectivity index (χ0n) is 15.4. The van der Waals surface area contributed by atoms with E-state index in [0.29, 0.717) is 6.54 Å². The molecule has 1 aromatic heterocycles. The van der Waals surface area contributed by atoms with Crippen LogP contribution >= 0.6 is 11.6 Å². The fraction of sp³-hybridized carbons (Fsp3) is 0.0870. The zero-order chi connectivity index (χ0) is 19.5. The molecule has 0 atom stereocenters. The van der Waals surface area contributed by atoms with Gasteiger partial charge in [0.25, 0.3) is 0 Å². The minimum atomic E-state index is -0.262. The van der Waals surface area contributed by atoms with Crippen LogP contribution < -0.4 is 5.32 Å². The SMILES string of the molecule is C/C=C(\NCc1cccc(Cl)c1)c1cccc2c1cnn2-c1ccc(F)cc1. The van der Waals surface area contributed by atoms with Crippen LogP contribution in [0.5, 0.6) is 0 Å². The Morgan fingerprint density at radius 2 is 1.89 bits per heavy atom. The summed E-state index contributed by atoms with van der Waals surface area (Å²) in [5.74, 6) is -0.262. The molecule has 0 aliphatic heterocycles. The number of hydrogen-bond donors (Lipinski definition) is 1. The Kier molecular flexibility index (Phi) is 5.13. The fourth-order valence-electron chi connectivity index (χ4n) is 3.27. The number of aromatic nitrogens is 2. The summed E-state index contributed by atoms with van der Waals surface area (Å²) in [5.41, 5.74) is 4.98. The number of hydrogen-bond acceptors (Lipinski definition) is 2. The van der Waals surface area contributed by atoms with Crippen molar-refractivity contribution in [1.82, 2.24) is 15.1 Å². The molecule has 0 spiro atoms. The molecule has 3 nitrogen and oxygen atoms in total. The molecule has 0 amide bonds. The van der Waals surface area contributed by atoms with Crippen molar-refractivity contribution in [1.29, 1.82) is 0 Å². The molecular weight excluding hydrogens is 373 g/mol. The number of benzene rings is 3. The number of halogens is 2. The summed E-state index contributed by atoms with van der Waals surface area (Å²) in [6.45, 7) is 2.67. The van der Waals surface area contributed by atoms with Crippen molar-refractivity contribution in [3.63, 3.8) is 0 Å². The molecule has 0 unspecified atom stereocenters. The summed E-state index contributed by atoms with van der Waals surface area (Å²) in [4.78, 5) is 0. The van der Waals surface area contributed by atoms with Crippen molar-refractivity contribution in [2.24, 2.45) is 0 Å². The highest BCUT2D eigenvalue weighted by Gasteiger charge is 2.11. The number of fused-ring (bicyclic) bond motifs is 1. The lowest BCUT2D eigenvalue weighted by Gasteiger charge is -2.13. The van der Waals surface area contributed by atoms with Gasteiger partial charge < -0.3 is 5.32 Å². The van der Waals surface area contributed by atoms with Crippen LogP contribution in [0.25, 0.3) is 22.3 Å². The molecule has 0 saturated heterocycles. The second-order valence-electron chi connectivity index (χ2n) is 6.46. The third kappa shape index (κ3) is 3.64. The van der Waals surface area contributed by atoms with Gasteiger partial charge in [0.05, 0.1) is 17.4 Å². The van der Waals surface area contributed by atoms with E-state index < -0.39 is 0 Å². The van der Waals surface area contributed by atoms with Crippen LogP contribution in [0.4, 0.5) is 4.39 Å². The Morgan fingerprint density at radius 3 is 2.64 bits per heavy atom. The zero-order valence-corrected chi connectivity index (χ0v) is 16.1. The summed E-state index contributed by atoms with van der Waals surface area (Å²) < 4.78 is 15.1. The molecule has 28 heavy (non-hydrogen) atoms. The van der Waals surface area contributed by atoms with Gasteiger partial charge in [-0.15, -0.1) is 0 Å². The third-order valence-corrected chi connectivity index (χ3v) is 4.87. The lowest BCUT2D eigenvalue weighted by molar-refractivity contribution is 0.627. The molecule has 0 bridgehead atoms. The molecule has 140 valence electrons. The van der Waals surface area contributed by atoms with Crippen LogP contribution in [0.3, 0.4) is 0 Å². The molecule has 4 rings (SSSR count). The van der Waals surface area contributed by atoms with E-state index in [9.17, 15) is 4.39 Å². The first-order valence-corrected chi connectivity index (χ1v) is 9.41. The van der Waals surface area contributed by atoms with Crippen molar-refractivity contribution in [3.05, 3.63) is 101 Å². The Balaban J connectivity index is 1.67. The first-order valence-electron chi connectivity index (χ1n) is 9.03. The van der Waals surface area contributed by atoms with E-state index in [-0.39, 0.29) is 5.82 Å². The predicted octanol–water partition coefficient (Wildman–Crippen LogP) is 5.97. The molecule has 4 aromatic rings. The molecule has 0 fully saturated rings. The average Bonchev–Trinajstić information content (AvgIpc) is 3.14. The molecule has 5 heteroatoms. The third-order valence-electron chi connectivity index (χ3n) is 4.64. The van der Waals surface area contributed by atoms with Gasteiger partial charge in [-0.3, -0.25) is 0 Å². The lowest BCUT2D eigenvalue weighted by atomic mass is 10.1. The van der Waals surface area contributed by atoms with Gasteiger partial charge in [0, 0.05) is 28.2 Å². The highest BCUT2D eigenvalue weighted by molar-refractivity contribution is 6.30. The van der Waals surface area contributed by atoms with Crippen LogP contribution in [0, 0.1) is 5.82 Å². The molecular formula is C23H19ClFN3. The van der Waals surface area contributed by atoms with Crippen LogP contribution in [-0.4, -0.2) is 9.78 Å². The van der Waals surface area contributed by atoms with Crippen LogP contribution in [0.15, 0.2) is 79.0 Å². The highest BCUT2D eigenvalue weighted by Crippen LogP contribution is 2.26. The van der Waals surface area contributed by atoms with Crippen LogP contribution in [0.1, 0.15) is 18.1 Å². The largest absolute Gasteiger partial charge is 0.381 e. The fourth-order valence-corrected chi connectivity index (χ4v) is 3.48. The minimum Gasteiger partial charge on any atom is -0.381 e. The summed E-state index contributed by atoms with van der Waals surface area (Å²) in [7, 11) is 0. The van der Waals surface area contributed by atoms with Crippen LogP contribution in [0.2, 0.25) is 5.02 Å². The molecule has 0 radical (unpaired) electrons. The molecule has 0 aliphatic rings. The second kappa shape index (κ2) is 7.87. The van der Waals surface area contributed by atoms with Crippen molar-refractivity contribution < 1.29 is 4.39 Å². The summed E-state index contributed by atoms with van der Waals surface area (Å²) in [5, 5.41) is 9.77. The Bertz CT molecular complexity index is 1150. The van der Waals surface area contributed by atoms with Crippen molar-refractivity contribution in [2.75, 3.05) is 0 Å². The number of nitrogens with zero attached hydrogens (tertiary/aromatic N) is 2. The normalized spacial score (nSPS) is 11.8. The van der Waals surface area contributed by atoms with E-state index in [4.69, 9.17) is 11.6 Å². The Labute approximate surface area is 168 Å². The average molecular weight is 392 g/mol. The molecule has 1 N–H and O–H groups in total. The number of rotatable bonds is 5. The van der Waals surface area contributed by atoms with E-state index >= 15 is 0 Å². The Morgan fingerprint density at radius 1 is 1.11 bits per heavy atom. The van der Waals surface area contributed by atoms with Crippen molar-refractivity contribution in [3.8, 4) is 5.69 Å². The van der Waals surface area contributed by atoms with Gasteiger partial charge in [-0.05, 0) is 55.0 Å².